The molecule has 122 valence electrons. The van der Waals surface area contributed by atoms with E-state index in [0.29, 0.717) is 15.7 Å². The first-order valence-corrected chi connectivity index (χ1v) is 9.26. The van der Waals surface area contributed by atoms with Crippen molar-refractivity contribution in [1.82, 2.24) is 15.6 Å². The number of hydrogen-bond acceptors (Lipinski definition) is 6. The number of anilines is 1. The van der Waals surface area contributed by atoms with Crippen molar-refractivity contribution in [3.05, 3.63) is 33.5 Å². The van der Waals surface area contributed by atoms with Gasteiger partial charge in [-0.1, -0.05) is 6.07 Å². The van der Waals surface area contributed by atoms with Crippen LogP contribution >= 0.6 is 22.7 Å². The van der Waals surface area contributed by atoms with Crippen molar-refractivity contribution in [2.45, 2.75) is 25.3 Å². The lowest BCUT2D eigenvalue weighted by Gasteiger charge is -2.23. The molecule has 6 nitrogen and oxygen atoms in total. The SMILES string of the molecule is O=C(Cc1csc(NC(=O)c2cccs2)n1)NC1CCCNC1. The van der Waals surface area contributed by atoms with Crippen molar-refractivity contribution in [3.63, 3.8) is 0 Å². The molecule has 1 atom stereocenters. The monoisotopic (exact) mass is 350 g/mol. The minimum absolute atomic E-state index is 0.0277. The molecule has 8 heteroatoms. The number of rotatable bonds is 5. The lowest BCUT2D eigenvalue weighted by atomic mass is 10.1. The molecule has 0 saturated carbocycles. The zero-order valence-corrected chi connectivity index (χ0v) is 14.1. The second-order valence-electron chi connectivity index (χ2n) is 5.36. The number of piperidine rings is 1. The number of aromatic nitrogens is 1. The second-order valence-corrected chi connectivity index (χ2v) is 7.17. The molecule has 3 rings (SSSR count). The van der Waals surface area contributed by atoms with Crippen LogP contribution in [-0.2, 0) is 11.2 Å². The van der Waals surface area contributed by atoms with E-state index in [-0.39, 0.29) is 24.3 Å². The van der Waals surface area contributed by atoms with Crippen LogP contribution in [0.15, 0.2) is 22.9 Å². The van der Waals surface area contributed by atoms with E-state index in [1.807, 2.05) is 16.8 Å². The number of hydrogen-bond donors (Lipinski definition) is 3. The molecule has 0 aliphatic carbocycles. The van der Waals surface area contributed by atoms with Crippen LogP contribution in [0.2, 0.25) is 0 Å². The molecule has 1 unspecified atom stereocenters. The number of nitrogens with zero attached hydrogens (tertiary/aromatic N) is 1. The number of thiophene rings is 1. The second kappa shape index (κ2) is 7.67. The maximum Gasteiger partial charge on any atom is 0.267 e. The Hall–Kier alpha value is -1.77. The van der Waals surface area contributed by atoms with Gasteiger partial charge in [0.2, 0.25) is 5.91 Å². The van der Waals surface area contributed by atoms with Crippen molar-refractivity contribution in [1.29, 1.82) is 0 Å². The van der Waals surface area contributed by atoms with Gasteiger partial charge >= 0.3 is 0 Å². The van der Waals surface area contributed by atoms with Gasteiger partial charge in [-0.2, -0.15) is 0 Å². The minimum atomic E-state index is -0.168. The van der Waals surface area contributed by atoms with Crippen molar-refractivity contribution >= 4 is 39.6 Å². The first kappa shape index (κ1) is 16.1. The average Bonchev–Trinajstić information content (AvgIpc) is 3.20. The molecule has 2 amide bonds. The number of thiazole rings is 1. The summed E-state index contributed by atoms with van der Waals surface area (Å²) in [4.78, 5) is 28.9. The van der Waals surface area contributed by atoms with Crippen molar-refractivity contribution in [3.8, 4) is 0 Å². The Labute approximate surface area is 142 Å². The standard InChI is InChI=1S/C15H18N4O2S2/c20-13(17-10-3-1-5-16-8-10)7-11-9-23-15(18-11)19-14(21)12-4-2-6-22-12/h2,4,6,9-10,16H,1,3,5,7-8H2,(H,17,20)(H,18,19,21). The lowest BCUT2D eigenvalue weighted by Crippen LogP contribution is -2.46. The molecular weight excluding hydrogens is 332 g/mol. The normalized spacial score (nSPS) is 17.7. The smallest absolute Gasteiger partial charge is 0.267 e. The molecular formula is C15H18N4O2S2. The van der Waals surface area contributed by atoms with Gasteiger partial charge < -0.3 is 10.6 Å². The fraction of sp³-hybridized carbons (Fsp3) is 0.400. The van der Waals surface area contributed by atoms with Crippen LogP contribution in [0.4, 0.5) is 5.13 Å². The van der Waals surface area contributed by atoms with Gasteiger partial charge in [-0.25, -0.2) is 4.98 Å². The molecule has 0 aromatic carbocycles. The molecule has 2 aromatic heterocycles. The fourth-order valence-electron chi connectivity index (χ4n) is 2.43. The summed E-state index contributed by atoms with van der Waals surface area (Å²) < 4.78 is 0. The Morgan fingerprint density at radius 1 is 1.39 bits per heavy atom. The van der Waals surface area contributed by atoms with E-state index in [1.165, 1.54) is 22.7 Å². The molecule has 0 bridgehead atoms. The zero-order chi connectivity index (χ0) is 16.1. The van der Waals surface area contributed by atoms with Gasteiger partial charge in [0.25, 0.3) is 5.91 Å². The summed E-state index contributed by atoms with van der Waals surface area (Å²) in [5.74, 6) is -0.196. The summed E-state index contributed by atoms with van der Waals surface area (Å²) in [6.45, 7) is 1.84. The van der Waals surface area contributed by atoms with Gasteiger partial charge in [-0.3, -0.25) is 14.9 Å². The molecule has 3 heterocycles. The highest BCUT2D eigenvalue weighted by atomic mass is 32.1. The topological polar surface area (TPSA) is 83.1 Å². The van der Waals surface area contributed by atoms with Crippen molar-refractivity contribution in [2.75, 3.05) is 18.4 Å². The molecule has 1 saturated heterocycles. The molecule has 1 fully saturated rings. The van der Waals surface area contributed by atoms with E-state index in [9.17, 15) is 9.59 Å². The average molecular weight is 350 g/mol. The van der Waals surface area contributed by atoms with Crippen LogP contribution in [0, 0.1) is 0 Å². The van der Waals surface area contributed by atoms with Crippen molar-refractivity contribution < 1.29 is 9.59 Å². The third kappa shape index (κ3) is 4.60. The Morgan fingerprint density at radius 3 is 3.04 bits per heavy atom. The Bertz CT molecular complexity index is 663. The number of carbonyl (C=O) groups is 2. The Balaban J connectivity index is 1.50. The van der Waals surface area contributed by atoms with E-state index >= 15 is 0 Å². The van der Waals surface area contributed by atoms with Gasteiger partial charge in [0.15, 0.2) is 5.13 Å². The predicted octanol–water partition coefficient (Wildman–Crippen LogP) is 1.87. The third-order valence-electron chi connectivity index (χ3n) is 3.52. The first-order valence-electron chi connectivity index (χ1n) is 7.50. The van der Waals surface area contributed by atoms with Crippen LogP contribution in [-0.4, -0.2) is 35.9 Å². The molecule has 1 aliphatic heterocycles. The highest BCUT2D eigenvalue weighted by molar-refractivity contribution is 7.14. The summed E-state index contributed by atoms with van der Waals surface area (Å²) in [5.41, 5.74) is 0.678. The van der Waals surface area contributed by atoms with E-state index in [0.717, 1.165) is 25.9 Å². The van der Waals surface area contributed by atoms with Crippen LogP contribution in [0.25, 0.3) is 0 Å². The Morgan fingerprint density at radius 2 is 2.30 bits per heavy atom. The van der Waals surface area contributed by atoms with Gasteiger partial charge in [-0.15, -0.1) is 22.7 Å². The fourth-order valence-corrected chi connectivity index (χ4v) is 3.75. The quantitative estimate of drug-likeness (QED) is 0.769. The molecule has 3 N–H and O–H groups in total. The van der Waals surface area contributed by atoms with Crippen molar-refractivity contribution in [2.24, 2.45) is 0 Å². The zero-order valence-electron chi connectivity index (χ0n) is 12.5. The highest BCUT2D eigenvalue weighted by Crippen LogP contribution is 2.18. The predicted molar refractivity (Wildman–Crippen MR) is 92.1 cm³/mol. The van der Waals surface area contributed by atoms with Gasteiger partial charge in [0, 0.05) is 18.0 Å². The maximum atomic E-state index is 12.0. The van der Waals surface area contributed by atoms with Crippen LogP contribution in [0.1, 0.15) is 28.2 Å². The number of amides is 2. The molecule has 1 aliphatic rings. The molecule has 2 aromatic rings. The van der Waals surface area contributed by atoms with E-state index < -0.39 is 0 Å². The first-order chi connectivity index (χ1) is 11.2. The van der Waals surface area contributed by atoms with Crippen LogP contribution in [0.3, 0.4) is 0 Å². The van der Waals surface area contributed by atoms with E-state index in [1.54, 1.807) is 6.07 Å². The molecule has 0 spiro atoms. The van der Waals surface area contributed by atoms with Gasteiger partial charge in [0.1, 0.15) is 0 Å². The van der Waals surface area contributed by atoms with Gasteiger partial charge in [-0.05, 0) is 30.8 Å². The molecule has 23 heavy (non-hydrogen) atoms. The minimum Gasteiger partial charge on any atom is -0.352 e. The number of nitrogens with one attached hydrogen (secondary N) is 3. The maximum absolute atomic E-state index is 12.0. The third-order valence-corrected chi connectivity index (χ3v) is 5.20. The van der Waals surface area contributed by atoms with Gasteiger partial charge in [0.05, 0.1) is 17.0 Å². The lowest BCUT2D eigenvalue weighted by molar-refractivity contribution is -0.121. The summed E-state index contributed by atoms with van der Waals surface area (Å²) in [6.07, 6.45) is 2.33. The summed E-state index contributed by atoms with van der Waals surface area (Å²) in [7, 11) is 0. The largest absolute Gasteiger partial charge is 0.352 e. The summed E-state index contributed by atoms with van der Waals surface area (Å²) >= 11 is 2.71. The highest BCUT2D eigenvalue weighted by Gasteiger charge is 2.16. The number of carbonyl (C=O) groups excluding carboxylic acids is 2. The summed E-state index contributed by atoms with van der Waals surface area (Å²) in [6, 6.07) is 3.80. The summed E-state index contributed by atoms with van der Waals surface area (Å²) in [5, 5.41) is 13.2. The van der Waals surface area contributed by atoms with E-state index in [2.05, 4.69) is 20.9 Å². The Kier molecular flexibility index (Phi) is 5.37. The van der Waals surface area contributed by atoms with Crippen LogP contribution in [0.5, 0.6) is 0 Å². The van der Waals surface area contributed by atoms with E-state index in [4.69, 9.17) is 0 Å². The van der Waals surface area contributed by atoms with Crippen LogP contribution < -0.4 is 16.0 Å². The molecule has 0 radical (unpaired) electrons.